The lowest BCUT2D eigenvalue weighted by molar-refractivity contribution is 0.124. The van der Waals surface area contributed by atoms with Gasteiger partial charge in [0.1, 0.15) is 0 Å². The normalized spacial score (nSPS) is 28.2. The fourth-order valence-corrected chi connectivity index (χ4v) is 1.45. The molecule has 1 aliphatic carbocycles. The van der Waals surface area contributed by atoms with Gasteiger partial charge < -0.3 is 14.2 Å². The summed E-state index contributed by atoms with van der Waals surface area (Å²) in [5, 5.41) is 0. The van der Waals surface area contributed by atoms with E-state index >= 15 is 0 Å². The summed E-state index contributed by atoms with van der Waals surface area (Å²) in [7, 11) is 2.21. The van der Waals surface area contributed by atoms with E-state index in [2.05, 4.69) is 11.9 Å². The van der Waals surface area contributed by atoms with Crippen molar-refractivity contribution < 1.29 is 9.31 Å². The van der Waals surface area contributed by atoms with Crippen LogP contribution in [0.1, 0.15) is 12.8 Å². The van der Waals surface area contributed by atoms with Crippen LogP contribution in [-0.4, -0.2) is 45.4 Å². The molecule has 0 spiro atoms. The Morgan fingerprint density at radius 2 is 1.75 bits per heavy atom. The van der Waals surface area contributed by atoms with Gasteiger partial charge in [-0.3, -0.25) is 0 Å². The van der Waals surface area contributed by atoms with Crippen LogP contribution < -0.4 is 0 Å². The first-order valence-electron chi connectivity index (χ1n) is 4.78. The maximum Gasteiger partial charge on any atom is 0.460 e. The molecular weight excluding hydrogens is 153 g/mol. The van der Waals surface area contributed by atoms with Crippen molar-refractivity contribution in [2.75, 3.05) is 33.4 Å². The molecule has 0 N–H and O–H groups in total. The molecule has 2 fully saturated rings. The number of hydrogen-bond donors (Lipinski definition) is 0. The second-order valence-corrected chi connectivity index (χ2v) is 3.75. The third-order valence-electron chi connectivity index (χ3n) is 2.52. The average molecular weight is 169 g/mol. The van der Waals surface area contributed by atoms with E-state index in [0.717, 1.165) is 26.3 Å². The molecule has 0 radical (unpaired) electrons. The molecule has 1 aliphatic heterocycles. The standard InChI is InChI=1S/C8H16BNO2/c1-10-4-6-11-9(8-2-3-8)12-7-5-10/h8H,2-7H2,1H3. The Bertz CT molecular complexity index is 142. The molecule has 0 amide bonds. The van der Waals surface area contributed by atoms with Crippen LogP contribution in [0.5, 0.6) is 0 Å². The fourth-order valence-electron chi connectivity index (χ4n) is 1.45. The van der Waals surface area contributed by atoms with Gasteiger partial charge in [-0.1, -0.05) is 12.8 Å². The molecule has 0 aromatic rings. The van der Waals surface area contributed by atoms with E-state index in [-0.39, 0.29) is 7.12 Å². The van der Waals surface area contributed by atoms with E-state index in [4.69, 9.17) is 9.31 Å². The Kier molecular flexibility index (Phi) is 2.68. The fraction of sp³-hybridized carbons (Fsp3) is 1.00. The number of hydrogen-bond acceptors (Lipinski definition) is 3. The van der Waals surface area contributed by atoms with Crippen molar-refractivity contribution in [2.24, 2.45) is 0 Å². The molecule has 1 heterocycles. The van der Waals surface area contributed by atoms with Crippen LogP contribution in [0.25, 0.3) is 0 Å². The van der Waals surface area contributed by atoms with Crippen LogP contribution in [0, 0.1) is 0 Å². The molecule has 0 aromatic carbocycles. The largest absolute Gasteiger partial charge is 0.460 e. The molecule has 3 nitrogen and oxygen atoms in total. The summed E-state index contributed by atoms with van der Waals surface area (Å²) in [6.45, 7) is 3.70. The molecule has 68 valence electrons. The van der Waals surface area contributed by atoms with Gasteiger partial charge in [-0.05, 0) is 12.9 Å². The van der Waals surface area contributed by atoms with Crippen molar-refractivity contribution in [3.05, 3.63) is 0 Å². The van der Waals surface area contributed by atoms with Gasteiger partial charge in [-0.2, -0.15) is 0 Å². The zero-order chi connectivity index (χ0) is 8.39. The minimum atomic E-state index is 0.110. The SMILES string of the molecule is CN1CCOB(C2CC2)OCC1. The van der Waals surface area contributed by atoms with Crippen LogP contribution in [0.2, 0.25) is 5.82 Å². The van der Waals surface area contributed by atoms with Crippen LogP contribution in [0.3, 0.4) is 0 Å². The first kappa shape index (κ1) is 8.54. The lowest BCUT2D eigenvalue weighted by Crippen LogP contribution is -2.36. The van der Waals surface area contributed by atoms with Gasteiger partial charge in [0.2, 0.25) is 0 Å². The Morgan fingerprint density at radius 3 is 2.25 bits per heavy atom. The highest BCUT2D eigenvalue weighted by molar-refractivity contribution is 6.47. The third-order valence-corrected chi connectivity index (χ3v) is 2.52. The van der Waals surface area contributed by atoms with Crippen LogP contribution in [0.15, 0.2) is 0 Å². The van der Waals surface area contributed by atoms with Gasteiger partial charge in [0.05, 0.1) is 0 Å². The Labute approximate surface area is 74.2 Å². The van der Waals surface area contributed by atoms with Gasteiger partial charge in [0.15, 0.2) is 0 Å². The zero-order valence-electron chi connectivity index (χ0n) is 7.66. The minimum absolute atomic E-state index is 0.110. The zero-order valence-corrected chi connectivity index (χ0v) is 7.66. The van der Waals surface area contributed by atoms with E-state index in [1.165, 1.54) is 12.8 Å². The highest BCUT2D eigenvalue weighted by atomic mass is 16.6. The summed E-state index contributed by atoms with van der Waals surface area (Å²) in [5.41, 5.74) is 0. The Morgan fingerprint density at radius 1 is 1.17 bits per heavy atom. The molecule has 12 heavy (non-hydrogen) atoms. The molecule has 1 saturated carbocycles. The van der Waals surface area contributed by atoms with Crippen molar-refractivity contribution in [1.29, 1.82) is 0 Å². The topological polar surface area (TPSA) is 21.7 Å². The molecule has 0 atom stereocenters. The lowest BCUT2D eigenvalue weighted by Gasteiger charge is -2.23. The summed E-state index contributed by atoms with van der Waals surface area (Å²) in [6.07, 6.45) is 2.58. The maximum absolute atomic E-state index is 5.61. The minimum Gasteiger partial charge on any atom is -0.410 e. The number of nitrogens with zero attached hydrogens (tertiary/aromatic N) is 1. The number of likely N-dealkylation sites (N-methyl/N-ethyl adjacent to an activating group) is 1. The summed E-state index contributed by atoms with van der Waals surface area (Å²) < 4.78 is 11.2. The van der Waals surface area contributed by atoms with E-state index < -0.39 is 0 Å². The summed E-state index contributed by atoms with van der Waals surface area (Å²) >= 11 is 0. The average Bonchev–Trinajstić information content (AvgIpc) is 2.79. The Hall–Kier alpha value is -0.0551. The van der Waals surface area contributed by atoms with E-state index in [1.807, 2.05) is 0 Å². The van der Waals surface area contributed by atoms with E-state index in [0.29, 0.717) is 5.82 Å². The highest BCUT2D eigenvalue weighted by Gasteiger charge is 2.39. The molecule has 1 saturated heterocycles. The molecule has 4 heteroatoms. The van der Waals surface area contributed by atoms with Gasteiger partial charge >= 0.3 is 7.12 Å². The maximum atomic E-state index is 5.61. The molecular formula is C8H16BNO2. The predicted octanol–water partition coefficient (Wildman–Crippen LogP) is 0.617. The molecule has 0 aromatic heterocycles. The van der Waals surface area contributed by atoms with Crippen molar-refractivity contribution in [1.82, 2.24) is 4.90 Å². The monoisotopic (exact) mass is 169 g/mol. The smallest absolute Gasteiger partial charge is 0.410 e. The van der Waals surface area contributed by atoms with E-state index in [9.17, 15) is 0 Å². The van der Waals surface area contributed by atoms with Crippen LogP contribution in [-0.2, 0) is 9.31 Å². The lowest BCUT2D eigenvalue weighted by atomic mass is 9.82. The third kappa shape index (κ3) is 2.22. The molecule has 0 unspecified atom stereocenters. The molecule has 0 bridgehead atoms. The van der Waals surface area contributed by atoms with Gasteiger partial charge in [0.25, 0.3) is 0 Å². The molecule has 2 aliphatic rings. The summed E-state index contributed by atoms with van der Waals surface area (Å²) in [4.78, 5) is 2.24. The first-order chi connectivity index (χ1) is 5.86. The van der Waals surface area contributed by atoms with Gasteiger partial charge in [-0.25, -0.2) is 0 Å². The second kappa shape index (κ2) is 3.77. The quantitative estimate of drug-likeness (QED) is 0.537. The molecule has 2 rings (SSSR count). The summed E-state index contributed by atoms with van der Waals surface area (Å²) in [5.74, 6) is 0.702. The van der Waals surface area contributed by atoms with Crippen LogP contribution in [0.4, 0.5) is 0 Å². The van der Waals surface area contributed by atoms with Crippen molar-refractivity contribution in [2.45, 2.75) is 18.7 Å². The highest BCUT2D eigenvalue weighted by Crippen LogP contribution is 2.39. The van der Waals surface area contributed by atoms with Gasteiger partial charge in [0, 0.05) is 26.3 Å². The predicted molar refractivity (Wildman–Crippen MR) is 48.1 cm³/mol. The second-order valence-electron chi connectivity index (χ2n) is 3.75. The van der Waals surface area contributed by atoms with Crippen molar-refractivity contribution in [3.63, 3.8) is 0 Å². The number of rotatable bonds is 1. The summed E-state index contributed by atoms with van der Waals surface area (Å²) in [6, 6.07) is 0. The Balaban J connectivity index is 1.77. The van der Waals surface area contributed by atoms with Gasteiger partial charge in [-0.15, -0.1) is 0 Å². The van der Waals surface area contributed by atoms with Crippen molar-refractivity contribution in [3.8, 4) is 0 Å². The first-order valence-corrected chi connectivity index (χ1v) is 4.78. The van der Waals surface area contributed by atoms with E-state index in [1.54, 1.807) is 0 Å². The van der Waals surface area contributed by atoms with Crippen LogP contribution >= 0.6 is 0 Å². The van der Waals surface area contributed by atoms with Crippen molar-refractivity contribution >= 4 is 7.12 Å².